The number of morpholine rings is 1. The van der Waals surface area contributed by atoms with Crippen LogP contribution in [0.5, 0.6) is 0 Å². The maximum Gasteiger partial charge on any atom is 0.269 e. The van der Waals surface area contributed by atoms with Crippen LogP contribution in [0.1, 0.15) is 40.5 Å². The van der Waals surface area contributed by atoms with Gasteiger partial charge >= 0.3 is 0 Å². The number of thiazole rings is 1. The van der Waals surface area contributed by atoms with Gasteiger partial charge in [-0.05, 0) is 19.3 Å². The molecule has 0 unspecified atom stereocenters. The first-order valence-corrected chi connectivity index (χ1v) is 10.6. The summed E-state index contributed by atoms with van der Waals surface area (Å²) in [5.74, 6) is -0.000106. The van der Waals surface area contributed by atoms with E-state index >= 15 is 0 Å². The zero-order chi connectivity index (χ0) is 19.5. The molecule has 9 heteroatoms. The van der Waals surface area contributed by atoms with Crippen LogP contribution in [0.4, 0.5) is 5.69 Å². The Bertz CT molecular complexity index is 890. The molecule has 2 fully saturated rings. The van der Waals surface area contributed by atoms with E-state index < -0.39 is 0 Å². The molecule has 150 valence electrons. The van der Waals surface area contributed by atoms with Crippen molar-refractivity contribution in [2.24, 2.45) is 0 Å². The Morgan fingerprint density at radius 3 is 2.82 bits per heavy atom. The number of aryl methyl sites for hydroxylation is 1. The summed E-state index contributed by atoms with van der Waals surface area (Å²) >= 11 is 1.45. The van der Waals surface area contributed by atoms with E-state index in [0.717, 1.165) is 43.0 Å². The van der Waals surface area contributed by atoms with Crippen molar-refractivity contribution in [1.29, 1.82) is 0 Å². The molecule has 0 N–H and O–H groups in total. The van der Waals surface area contributed by atoms with Gasteiger partial charge in [0.25, 0.3) is 11.5 Å². The fraction of sp³-hybridized carbons (Fsp3) is 0.579. The zero-order valence-electron chi connectivity index (χ0n) is 16.0. The number of rotatable bonds is 4. The molecule has 0 aromatic carbocycles. The molecule has 8 nitrogen and oxygen atoms in total. The molecule has 28 heavy (non-hydrogen) atoms. The third-order valence-electron chi connectivity index (χ3n) is 5.28. The lowest BCUT2D eigenvalue weighted by atomic mass is 10.1. The molecule has 4 heterocycles. The highest BCUT2D eigenvalue weighted by atomic mass is 32.1. The van der Waals surface area contributed by atoms with Crippen molar-refractivity contribution in [2.45, 2.75) is 32.2 Å². The summed E-state index contributed by atoms with van der Waals surface area (Å²) < 4.78 is 6.90. The van der Waals surface area contributed by atoms with E-state index in [0.29, 0.717) is 31.2 Å². The van der Waals surface area contributed by atoms with Gasteiger partial charge in [-0.1, -0.05) is 6.92 Å². The van der Waals surface area contributed by atoms with Gasteiger partial charge in [0.05, 0.1) is 42.3 Å². The molecule has 0 aliphatic carbocycles. The minimum Gasteiger partial charge on any atom is -0.378 e. The molecule has 0 spiro atoms. The van der Waals surface area contributed by atoms with E-state index in [2.05, 4.69) is 15.0 Å². The van der Waals surface area contributed by atoms with Gasteiger partial charge in [-0.25, -0.2) is 9.67 Å². The maximum absolute atomic E-state index is 12.8. The maximum atomic E-state index is 12.8. The van der Waals surface area contributed by atoms with Crippen LogP contribution in [0.15, 0.2) is 23.3 Å². The van der Waals surface area contributed by atoms with E-state index in [1.807, 2.05) is 11.8 Å². The van der Waals surface area contributed by atoms with Crippen LogP contribution < -0.4 is 10.5 Å². The highest BCUT2D eigenvalue weighted by Gasteiger charge is 2.28. The number of hydrogen-bond donors (Lipinski definition) is 0. The third-order valence-corrected chi connectivity index (χ3v) is 6.41. The summed E-state index contributed by atoms with van der Waals surface area (Å²) in [5, 5.41) is 5.40. The quantitative estimate of drug-likeness (QED) is 0.771. The van der Waals surface area contributed by atoms with Crippen LogP contribution in [-0.2, 0) is 11.2 Å². The molecule has 0 saturated carbocycles. The van der Waals surface area contributed by atoms with Crippen molar-refractivity contribution in [1.82, 2.24) is 19.7 Å². The number of aromatic nitrogens is 3. The largest absolute Gasteiger partial charge is 0.378 e. The molecule has 0 radical (unpaired) electrons. The summed E-state index contributed by atoms with van der Waals surface area (Å²) in [4.78, 5) is 34.4. The van der Waals surface area contributed by atoms with Crippen LogP contribution in [0.2, 0.25) is 0 Å². The molecule has 2 aromatic rings. The predicted octanol–water partition coefficient (Wildman–Crippen LogP) is 1.58. The minimum atomic E-state index is -0.116. The summed E-state index contributed by atoms with van der Waals surface area (Å²) in [5.41, 5.74) is 0.722. The second-order valence-corrected chi connectivity index (χ2v) is 8.23. The second-order valence-electron chi connectivity index (χ2n) is 7.12. The van der Waals surface area contributed by atoms with Gasteiger partial charge < -0.3 is 14.5 Å². The van der Waals surface area contributed by atoms with Gasteiger partial charge in [-0.15, -0.1) is 11.3 Å². The Hall–Kier alpha value is -2.26. The number of ether oxygens (including phenoxy) is 1. The molecule has 4 rings (SSSR count). The van der Waals surface area contributed by atoms with Crippen molar-refractivity contribution in [3.05, 3.63) is 38.7 Å². The number of carbonyl (C=O) groups excluding carboxylic acids is 1. The fourth-order valence-corrected chi connectivity index (χ4v) is 4.57. The van der Waals surface area contributed by atoms with Gasteiger partial charge in [0.2, 0.25) is 0 Å². The Labute approximate surface area is 167 Å². The van der Waals surface area contributed by atoms with E-state index in [4.69, 9.17) is 4.74 Å². The van der Waals surface area contributed by atoms with Crippen molar-refractivity contribution in [2.75, 3.05) is 44.3 Å². The number of amides is 1. The molecule has 0 bridgehead atoms. The average molecular weight is 404 g/mol. The standard InChI is InChI=1S/C19H25N5O3S/c1-2-17-20-12-16(28-17)19(26)23-5-3-4-14(13-23)24-18(25)10-15(11-21-24)22-6-8-27-9-7-22/h10-12,14H,2-9,13H2,1H3/t14-/m1/s1. The van der Waals surface area contributed by atoms with Crippen molar-refractivity contribution >= 4 is 22.9 Å². The molecular formula is C19H25N5O3S. The number of anilines is 1. The molecule has 2 aliphatic heterocycles. The molecule has 1 atom stereocenters. The van der Waals surface area contributed by atoms with E-state index in [1.54, 1.807) is 18.5 Å². The predicted molar refractivity (Wildman–Crippen MR) is 107 cm³/mol. The Morgan fingerprint density at radius 2 is 2.11 bits per heavy atom. The summed E-state index contributed by atoms with van der Waals surface area (Å²) in [6.07, 6.45) is 5.95. The van der Waals surface area contributed by atoms with Crippen LogP contribution in [0.3, 0.4) is 0 Å². The first-order valence-electron chi connectivity index (χ1n) is 9.81. The van der Waals surface area contributed by atoms with Crippen LogP contribution in [-0.4, -0.2) is 65.0 Å². The van der Waals surface area contributed by atoms with Crippen molar-refractivity contribution in [3.8, 4) is 0 Å². The lowest BCUT2D eigenvalue weighted by Crippen LogP contribution is -2.43. The lowest BCUT2D eigenvalue weighted by molar-refractivity contribution is 0.0674. The van der Waals surface area contributed by atoms with Gasteiger partial charge in [0, 0.05) is 32.2 Å². The van der Waals surface area contributed by atoms with Crippen LogP contribution >= 0.6 is 11.3 Å². The van der Waals surface area contributed by atoms with Gasteiger partial charge in [-0.2, -0.15) is 5.10 Å². The fourth-order valence-electron chi connectivity index (χ4n) is 3.74. The molecule has 2 aliphatic rings. The van der Waals surface area contributed by atoms with Crippen molar-refractivity contribution in [3.63, 3.8) is 0 Å². The normalized spacial score (nSPS) is 20.4. The van der Waals surface area contributed by atoms with Gasteiger partial charge in [-0.3, -0.25) is 9.59 Å². The van der Waals surface area contributed by atoms with Gasteiger partial charge in [0.1, 0.15) is 4.88 Å². The number of nitrogens with zero attached hydrogens (tertiary/aromatic N) is 5. The number of piperidine rings is 1. The van der Waals surface area contributed by atoms with E-state index in [9.17, 15) is 9.59 Å². The molecule has 2 saturated heterocycles. The SMILES string of the molecule is CCc1ncc(C(=O)N2CCC[C@@H](n3ncc(N4CCOCC4)cc3=O)C2)s1. The van der Waals surface area contributed by atoms with Crippen LogP contribution in [0, 0.1) is 0 Å². The third kappa shape index (κ3) is 3.95. The molecular weight excluding hydrogens is 378 g/mol. The summed E-state index contributed by atoms with van der Waals surface area (Å²) in [6, 6.07) is 1.55. The highest BCUT2D eigenvalue weighted by Crippen LogP contribution is 2.24. The number of hydrogen-bond acceptors (Lipinski definition) is 7. The van der Waals surface area contributed by atoms with Crippen molar-refractivity contribution < 1.29 is 9.53 Å². The number of likely N-dealkylation sites (tertiary alicyclic amines) is 1. The highest BCUT2D eigenvalue weighted by molar-refractivity contribution is 7.13. The first-order chi connectivity index (χ1) is 13.7. The zero-order valence-corrected chi connectivity index (χ0v) is 16.9. The Kier molecular flexibility index (Phi) is 5.72. The van der Waals surface area contributed by atoms with E-state index in [-0.39, 0.29) is 17.5 Å². The molecule has 1 amide bonds. The first kappa shape index (κ1) is 19.1. The minimum absolute atomic E-state index is 0.000106. The lowest BCUT2D eigenvalue weighted by Gasteiger charge is -2.33. The topological polar surface area (TPSA) is 80.6 Å². The van der Waals surface area contributed by atoms with Crippen LogP contribution in [0.25, 0.3) is 0 Å². The smallest absolute Gasteiger partial charge is 0.269 e. The monoisotopic (exact) mass is 403 g/mol. The summed E-state index contributed by atoms with van der Waals surface area (Å²) in [7, 11) is 0. The average Bonchev–Trinajstić information content (AvgIpc) is 3.23. The summed E-state index contributed by atoms with van der Waals surface area (Å²) in [6.45, 7) is 6.11. The molecule has 2 aromatic heterocycles. The Morgan fingerprint density at radius 1 is 1.29 bits per heavy atom. The van der Waals surface area contributed by atoms with Gasteiger partial charge in [0.15, 0.2) is 0 Å². The van der Waals surface area contributed by atoms with E-state index in [1.165, 1.54) is 16.0 Å². The number of carbonyl (C=O) groups is 1. The second kappa shape index (κ2) is 8.40. The Balaban J connectivity index is 1.48.